The van der Waals surface area contributed by atoms with Crippen molar-refractivity contribution < 1.29 is 19.4 Å². The van der Waals surface area contributed by atoms with E-state index in [-0.39, 0.29) is 13.0 Å². The number of carboxylic acid groups (broad SMARTS) is 1. The summed E-state index contributed by atoms with van der Waals surface area (Å²) in [7, 11) is 0. The minimum absolute atomic E-state index is 0.241. The second kappa shape index (κ2) is 4.68. The van der Waals surface area contributed by atoms with Crippen LogP contribution in [-0.2, 0) is 14.3 Å². The number of aliphatic carboxylic acids is 1. The molecule has 5 nitrogen and oxygen atoms in total. The molecular weight excluding hydrogens is 150 g/mol. The van der Waals surface area contributed by atoms with E-state index in [2.05, 4.69) is 4.74 Å². The fourth-order valence-electron chi connectivity index (χ4n) is 0.487. The second-order valence-electron chi connectivity index (χ2n) is 1.95. The molecule has 1 atom stereocenters. The molecule has 0 aliphatic carbocycles. The Morgan fingerprint density at radius 2 is 2.18 bits per heavy atom. The standard InChI is InChI=1S/C6H11NO4/c1-2-11-5(8)3-4(7)6(9)10/h4H,2-3,7H2,1H3,(H,9,10)/t4-/m1/s1. The van der Waals surface area contributed by atoms with Crippen LogP contribution in [0.3, 0.4) is 0 Å². The van der Waals surface area contributed by atoms with Gasteiger partial charge in [-0.2, -0.15) is 0 Å². The molecule has 0 radical (unpaired) electrons. The van der Waals surface area contributed by atoms with Crippen molar-refractivity contribution in [2.24, 2.45) is 5.73 Å². The Bertz CT molecular complexity index is 157. The van der Waals surface area contributed by atoms with Crippen molar-refractivity contribution in [3.05, 3.63) is 0 Å². The third-order valence-corrected chi connectivity index (χ3v) is 1.01. The van der Waals surface area contributed by atoms with Gasteiger partial charge in [0.2, 0.25) is 0 Å². The normalized spacial score (nSPS) is 12.2. The van der Waals surface area contributed by atoms with Gasteiger partial charge in [0, 0.05) is 0 Å². The largest absolute Gasteiger partial charge is 0.480 e. The van der Waals surface area contributed by atoms with Crippen LogP contribution in [0.1, 0.15) is 13.3 Å². The topological polar surface area (TPSA) is 89.6 Å². The monoisotopic (exact) mass is 161 g/mol. The predicted octanol–water partition coefficient (Wildman–Crippen LogP) is -0.648. The summed E-state index contributed by atoms with van der Waals surface area (Å²) < 4.78 is 4.48. The zero-order valence-electron chi connectivity index (χ0n) is 6.24. The molecule has 3 N–H and O–H groups in total. The molecule has 0 bridgehead atoms. The summed E-state index contributed by atoms with van der Waals surface area (Å²) in [6.45, 7) is 1.88. The molecule has 0 amide bonds. The highest BCUT2D eigenvalue weighted by Crippen LogP contribution is 1.91. The molecule has 0 aliphatic rings. The number of esters is 1. The van der Waals surface area contributed by atoms with Gasteiger partial charge in [-0.05, 0) is 6.92 Å². The van der Waals surface area contributed by atoms with Crippen molar-refractivity contribution in [3.8, 4) is 0 Å². The van der Waals surface area contributed by atoms with Crippen molar-refractivity contribution >= 4 is 11.9 Å². The maximum absolute atomic E-state index is 10.6. The maximum atomic E-state index is 10.6. The fraction of sp³-hybridized carbons (Fsp3) is 0.667. The number of hydrogen-bond acceptors (Lipinski definition) is 4. The summed E-state index contributed by atoms with van der Waals surface area (Å²) in [4.78, 5) is 20.7. The quantitative estimate of drug-likeness (QED) is 0.535. The van der Waals surface area contributed by atoms with Crippen molar-refractivity contribution in [2.75, 3.05) is 6.61 Å². The molecule has 11 heavy (non-hydrogen) atoms. The van der Waals surface area contributed by atoms with Crippen molar-refractivity contribution in [2.45, 2.75) is 19.4 Å². The average Bonchev–Trinajstić information content (AvgIpc) is 1.87. The van der Waals surface area contributed by atoms with Crippen LogP contribution < -0.4 is 5.73 Å². The molecule has 0 saturated carbocycles. The molecule has 0 aromatic carbocycles. The molecule has 0 unspecified atom stereocenters. The third kappa shape index (κ3) is 4.32. The van der Waals surface area contributed by atoms with Crippen LogP contribution in [0.5, 0.6) is 0 Å². The van der Waals surface area contributed by atoms with Crippen molar-refractivity contribution in [1.82, 2.24) is 0 Å². The summed E-state index contributed by atoms with van der Waals surface area (Å²) in [5.41, 5.74) is 5.05. The minimum atomic E-state index is -1.20. The SMILES string of the molecule is CCOC(=O)C[C@@H](N)C(=O)O. The van der Waals surface area contributed by atoms with Gasteiger partial charge in [-0.15, -0.1) is 0 Å². The lowest BCUT2D eigenvalue weighted by molar-refractivity contribution is -0.148. The first-order valence-electron chi connectivity index (χ1n) is 3.22. The average molecular weight is 161 g/mol. The van der Waals surface area contributed by atoms with Crippen LogP contribution in [0.4, 0.5) is 0 Å². The third-order valence-electron chi connectivity index (χ3n) is 1.01. The van der Waals surface area contributed by atoms with Crippen LogP contribution in [-0.4, -0.2) is 29.7 Å². The van der Waals surface area contributed by atoms with Gasteiger partial charge in [0.05, 0.1) is 13.0 Å². The van der Waals surface area contributed by atoms with Gasteiger partial charge in [-0.25, -0.2) is 0 Å². The number of hydrogen-bond donors (Lipinski definition) is 2. The van der Waals surface area contributed by atoms with Gasteiger partial charge in [0.25, 0.3) is 0 Å². The Kier molecular flexibility index (Phi) is 4.21. The van der Waals surface area contributed by atoms with Gasteiger partial charge in [-0.3, -0.25) is 9.59 Å². The molecule has 0 aromatic heterocycles. The molecule has 64 valence electrons. The zero-order chi connectivity index (χ0) is 8.85. The van der Waals surface area contributed by atoms with Gasteiger partial charge in [0.1, 0.15) is 6.04 Å². The lowest BCUT2D eigenvalue weighted by Crippen LogP contribution is -2.33. The molecule has 0 rings (SSSR count). The van der Waals surface area contributed by atoms with Crippen LogP contribution in [0, 0.1) is 0 Å². The van der Waals surface area contributed by atoms with Gasteiger partial charge < -0.3 is 15.6 Å². The van der Waals surface area contributed by atoms with Crippen molar-refractivity contribution in [3.63, 3.8) is 0 Å². The zero-order valence-corrected chi connectivity index (χ0v) is 6.24. The smallest absolute Gasteiger partial charge is 0.321 e. The van der Waals surface area contributed by atoms with Gasteiger partial charge in [0.15, 0.2) is 0 Å². The Balaban J connectivity index is 3.66. The van der Waals surface area contributed by atoms with E-state index in [9.17, 15) is 9.59 Å². The first-order chi connectivity index (χ1) is 5.07. The predicted molar refractivity (Wildman–Crippen MR) is 36.9 cm³/mol. The van der Waals surface area contributed by atoms with E-state index in [4.69, 9.17) is 10.8 Å². The van der Waals surface area contributed by atoms with E-state index in [1.807, 2.05) is 0 Å². The number of rotatable bonds is 4. The Morgan fingerprint density at radius 1 is 1.64 bits per heavy atom. The molecule has 0 saturated heterocycles. The Labute approximate surface area is 64.1 Å². The van der Waals surface area contributed by atoms with E-state index >= 15 is 0 Å². The number of carboxylic acids is 1. The van der Waals surface area contributed by atoms with E-state index in [0.717, 1.165) is 0 Å². The number of carbonyl (C=O) groups excluding carboxylic acids is 1. The summed E-state index contributed by atoms with van der Waals surface area (Å²) in [5.74, 6) is -1.78. The van der Waals surface area contributed by atoms with E-state index < -0.39 is 18.0 Å². The highest BCUT2D eigenvalue weighted by atomic mass is 16.5. The maximum Gasteiger partial charge on any atom is 0.321 e. The Hall–Kier alpha value is -1.10. The second-order valence-corrected chi connectivity index (χ2v) is 1.95. The van der Waals surface area contributed by atoms with Crippen LogP contribution in [0.25, 0.3) is 0 Å². The highest BCUT2D eigenvalue weighted by Gasteiger charge is 2.16. The summed E-state index contributed by atoms with van der Waals surface area (Å²) >= 11 is 0. The first kappa shape index (κ1) is 9.90. The summed E-state index contributed by atoms with van der Waals surface area (Å²) in [5, 5.41) is 8.27. The lowest BCUT2D eigenvalue weighted by atomic mass is 10.2. The highest BCUT2D eigenvalue weighted by molar-refractivity contribution is 5.81. The molecule has 0 heterocycles. The molecule has 0 spiro atoms. The van der Waals surface area contributed by atoms with Gasteiger partial charge >= 0.3 is 11.9 Å². The number of carbonyl (C=O) groups is 2. The van der Waals surface area contributed by atoms with Crippen LogP contribution >= 0.6 is 0 Å². The molecule has 5 heteroatoms. The van der Waals surface area contributed by atoms with Crippen LogP contribution in [0.15, 0.2) is 0 Å². The van der Waals surface area contributed by atoms with E-state index in [1.54, 1.807) is 6.92 Å². The molecule has 0 aromatic rings. The van der Waals surface area contributed by atoms with E-state index in [0.29, 0.717) is 0 Å². The summed E-state index contributed by atoms with van der Waals surface area (Å²) in [6, 6.07) is -1.16. The van der Waals surface area contributed by atoms with Gasteiger partial charge in [-0.1, -0.05) is 0 Å². The van der Waals surface area contributed by atoms with E-state index in [1.165, 1.54) is 0 Å². The Morgan fingerprint density at radius 3 is 2.55 bits per heavy atom. The molecular formula is C6H11NO4. The number of ether oxygens (including phenoxy) is 1. The minimum Gasteiger partial charge on any atom is -0.480 e. The fourth-order valence-corrected chi connectivity index (χ4v) is 0.487. The first-order valence-corrected chi connectivity index (χ1v) is 3.22. The summed E-state index contributed by atoms with van der Waals surface area (Å²) in [6.07, 6.45) is -0.275. The number of nitrogens with two attached hydrogens (primary N) is 1. The molecule has 0 aliphatic heterocycles. The lowest BCUT2D eigenvalue weighted by Gasteiger charge is -2.04. The van der Waals surface area contributed by atoms with Crippen molar-refractivity contribution in [1.29, 1.82) is 0 Å². The van der Waals surface area contributed by atoms with Crippen LogP contribution in [0.2, 0.25) is 0 Å². The molecule has 0 fully saturated rings.